The van der Waals surface area contributed by atoms with E-state index in [0.29, 0.717) is 18.2 Å². The van der Waals surface area contributed by atoms with E-state index >= 15 is 0 Å². The summed E-state index contributed by atoms with van der Waals surface area (Å²) in [5.41, 5.74) is 2.09. The van der Waals surface area contributed by atoms with Gasteiger partial charge in [0, 0.05) is 19.4 Å². The van der Waals surface area contributed by atoms with Crippen molar-refractivity contribution in [2.24, 2.45) is 7.05 Å². The molecule has 0 aliphatic rings. The highest BCUT2D eigenvalue weighted by molar-refractivity contribution is 5.91. The van der Waals surface area contributed by atoms with Crippen molar-refractivity contribution in [3.05, 3.63) is 41.9 Å². The van der Waals surface area contributed by atoms with Crippen molar-refractivity contribution in [2.45, 2.75) is 32.6 Å². The van der Waals surface area contributed by atoms with Crippen molar-refractivity contribution in [3.8, 4) is 0 Å². The Morgan fingerprint density at radius 3 is 2.95 bits per heavy atom. The second-order valence-electron chi connectivity index (χ2n) is 5.03. The predicted molar refractivity (Wildman–Crippen MR) is 78.5 cm³/mol. The van der Waals surface area contributed by atoms with E-state index < -0.39 is 0 Å². The predicted octanol–water partition coefficient (Wildman–Crippen LogP) is 2.51. The van der Waals surface area contributed by atoms with Gasteiger partial charge in [-0.1, -0.05) is 13.8 Å². The van der Waals surface area contributed by atoms with Gasteiger partial charge in [-0.05, 0) is 35.6 Å². The Kier molecular flexibility index (Phi) is 4.50. The first-order valence-corrected chi connectivity index (χ1v) is 6.81. The molecular formula is C15H20N4O. The molecule has 5 nitrogen and oxygen atoms in total. The summed E-state index contributed by atoms with van der Waals surface area (Å²) in [7, 11) is 1.83. The summed E-state index contributed by atoms with van der Waals surface area (Å²) >= 11 is 0. The molecule has 2 heterocycles. The van der Waals surface area contributed by atoms with Gasteiger partial charge in [-0.3, -0.25) is 9.48 Å². The summed E-state index contributed by atoms with van der Waals surface area (Å²) < 4.78 is 1.68. The molecule has 106 valence electrons. The van der Waals surface area contributed by atoms with Gasteiger partial charge in [0.1, 0.15) is 5.82 Å². The second-order valence-corrected chi connectivity index (χ2v) is 5.03. The fraction of sp³-hybridized carbons (Fsp3) is 0.400. The van der Waals surface area contributed by atoms with Crippen LogP contribution in [0, 0.1) is 0 Å². The van der Waals surface area contributed by atoms with Crippen LogP contribution in [-0.4, -0.2) is 20.7 Å². The van der Waals surface area contributed by atoms with E-state index in [1.54, 1.807) is 17.1 Å². The largest absolute Gasteiger partial charge is 0.310 e. The minimum absolute atomic E-state index is 0.0770. The normalized spacial score (nSPS) is 12.2. The van der Waals surface area contributed by atoms with Gasteiger partial charge in [0.15, 0.2) is 0 Å². The Hall–Kier alpha value is -2.17. The summed E-state index contributed by atoms with van der Waals surface area (Å²) in [6, 6.07) is 3.93. The van der Waals surface area contributed by atoms with Gasteiger partial charge in [0.2, 0.25) is 5.91 Å². The van der Waals surface area contributed by atoms with E-state index in [1.807, 2.05) is 25.4 Å². The Bertz CT molecular complexity index is 591. The summed E-state index contributed by atoms with van der Waals surface area (Å²) in [5.74, 6) is 0.996. The van der Waals surface area contributed by atoms with E-state index in [1.165, 1.54) is 5.56 Å². The van der Waals surface area contributed by atoms with E-state index in [0.717, 1.165) is 12.0 Å². The topological polar surface area (TPSA) is 59.8 Å². The fourth-order valence-corrected chi connectivity index (χ4v) is 1.99. The Balaban J connectivity index is 2.00. The highest BCUT2D eigenvalue weighted by Gasteiger charge is 2.08. The molecule has 0 spiro atoms. The van der Waals surface area contributed by atoms with E-state index in [4.69, 9.17) is 0 Å². The molecule has 20 heavy (non-hydrogen) atoms. The fourth-order valence-electron chi connectivity index (χ4n) is 1.99. The zero-order chi connectivity index (χ0) is 14.5. The molecule has 0 saturated carbocycles. The van der Waals surface area contributed by atoms with Gasteiger partial charge < -0.3 is 5.32 Å². The van der Waals surface area contributed by atoms with Crippen molar-refractivity contribution in [1.29, 1.82) is 0 Å². The third-order valence-corrected chi connectivity index (χ3v) is 3.36. The first kappa shape index (κ1) is 14.2. The van der Waals surface area contributed by atoms with Crippen LogP contribution in [0.15, 0.2) is 30.7 Å². The van der Waals surface area contributed by atoms with Crippen LogP contribution in [0.1, 0.15) is 37.3 Å². The number of amides is 1. The number of nitrogens with zero attached hydrogens (tertiary/aromatic N) is 3. The van der Waals surface area contributed by atoms with E-state index in [2.05, 4.69) is 29.2 Å². The van der Waals surface area contributed by atoms with E-state index in [-0.39, 0.29) is 5.91 Å². The summed E-state index contributed by atoms with van der Waals surface area (Å²) in [6.07, 6.45) is 6.64. The third kappa shape index (κ3) is 3.66. The molecule has 0 aliphatic carbocycles. The number of hydrogen-bond donors (Lipinski definition) is 1. The minimum atomic E-state index is -0.0770. The molecule has 2 rings (SSSR count). The molecule has 0 saturated heterocycles. The highest BCUT2D eigenvalue weighted by atomic mass is 16.1. The standard InChI is InChI=1S/C15H20N4O/c1-4-11(2)13-5-6-16-14(8-13)18-15(20)7-12-9-17-19(3)10-12/h5-6,8-11H,4,7H2,1-3H3,(H,16,18,20). The van der Waals surface area contributed by atoms with Crippen LogP contribution in [0.4, 0.5) is 5.82 Å². The van der Waals surface area contributed by atoms with Gasteiger partial charge in [-0.15, -0.1) is 0 Å². The quantitative estimate of drug-likeness (QED) is 0.909. The number of aryl methyl sites for hydroxylation is 1. The third-order valence-electron chi connectivity index (χ3n) is 3.36. The van der Waals surface area contributed by atoms with Crippen molar-refractivity contribution < 1.29 is 4.79 Å². The molecule has 1 atom stereocenters. The van der Waals surface area contributed by atoms with Crippen molar-refractivity contribution in [1.82, 2.24) is 14.8 Å². The SMILES string of the molecule is CCC(C)c1ccnc(NC(=O)Cc2cnn(C)c2)c1. The van der Waals surface area contributed by atoms with E-state index in [9.17, 15) is 4.79 Å². The number of carbonyl (C=O) groups is 1. The molecule has 0 aliphatic heterocycles. The lowest BCUT2D eigenvalue weighted by Crippen LogP contribution is -2.15. The van der Waals surface area contributed by atoms with Crippen molar-refractivity contribution in [3.63, 3.8) is 0 Å². The molecule has 1 N–H and O–H groups in total. The number of aromatic nitrogens is 3. The smallest absolute Gasteiger partial charge is 0.230 e. The zero-order valence-corrected chi connectivity index (χ0v) is 12.1. The van der Waals surface area contributed by atoms with Crippen LogP contribution in [0.2, 0.25) is 0 Å². The highest BCUT2D eigenvalue weighted by Crippen LogP contribution is 2.20. The van der Waals surface area contributed by atoms with Crippen molar-refractivity contribution >= 4 is 11.7 Å². The number of pyridine rings is 1. The number of hydrogen-bond acceptors (Lipinski definition) is 3. The maximum atomic E-state index is 12.0. The van der Waals surface area contributed by atoms with Gasteiger partial charge in [0.25, 0.3) is 0 Å². The molecule has 2 aromatic rings. The molecule has 1 amide bonds. The first-order valence-electron chi connectivity index (χ1n) is 6.81. The second kappa shape index (κ2) is 6.32. The number of anilines is 1. The van der Waals surface area contributed by atoms with Crippen LogP contribution in [0.25, 0.3) is 0 Å². The molecular weight excluding hydrogens is 252 g/mol. The number of nitrogens with one attached hydrogen (secondary N) is 1. The Morgan fingerprint density at radius 1 is 1.50 bits per heavy atom. The van der Waals surface area contributed by atoms with Gasteiger partial charge in [0.05, 0.1) is 12.6 Å². The van der Waals surface area contributed by atoms with Crippen LogP contribution in [0.5, 0.6) is 0 Å². The first-order chi connectivity index (χ1) is 9.58. The number of carbonyl (C=O) groups excluding carboxylic acids is 1. The molecule has 0 fully saturated rings. The summed E-state index contributed by atoms with van der Waals surface area (Å²) in [5, 5.41) is 6.88. The van der Waals surface area contributed by atoms with Crippen LogP contribution in [0.3, 0.4) is 0 Å². The van der Waals surface area contributed by atoms with Crippen molar-refractivity contribution in [2.75, 3.05) is 5.32 Å². The maximum absolute atomic E-state index is 12.0. The zero-order valence-electron chi connectivity index (χ0n) is 12.1. The van der Waals surface area contributed by atoms with Crippen LogP contribution < -0.4 is 5.32 Å². The molecule has 2 aromatic heterocycles. The average Bonchev–Trinajstić information content (AvgIpc) is 2.83. The molecule has 0 aromatic carbocycles. The molecule has 5 heteroatoms. The minimum Gasteiger partial charge on any atom is -0.310 e. The monoisotopic (exact) mass is 272 g/mol. The lowest BCUT2D eigenvalue weighted by molar-refractivity contribution is -0.115. The lowest BCUT2D eigenvalue weighted by atomic mass is 10.00. The molecule has 0 bridgehead atoms. The number of rotatable bonds is 5. The lowest BCUT2D eigenvalue weighted by Gasteiger charge is -2.10. The summed E-state index contributed by atoms with van der Waals surface area (Å²) in [6.45, 7) is 4.31. The van der Waals surface area contributed by atoms with Crippen LogP contribution >= 0.6 is 0 Å². The van der Waals surface area contributed by atoms with Crippen LogP contribution in [-0.2, 0) is 18.3 Å². The van der Waals surface area contributed by atoms with Gasteiger partial charge >= 0.3 is 0 Å². The Morgan fingerprint density at radius 2 is 2.30 bits per heavy atom. The average molecular weight is 272 g/mol. The van der Waals surface area contributed by atoms with Gasteiger partial charge in [-0.25, -0.2) is 4.98 Å². The molecule has 0 radical (unpaired) electrons. The summed E-state index contributed by atoms with van der Waals surface area (Å²) in [4.78, 5) is 16.1. The maximum Gasteiger partial charge on any atom is 0.230 e. The Labute approximate surface area is 119 Å². The van der Waals surface area contributed by atoms with Gasteiger partial charge in [-0.2, -0.15) is 5.10 Å². The molecule has 1 unspecified atom stereocenters.